The predicted molar refractivity (Wildman–Crippen MR) is 131 cm³/mol. The number of benzene rings is 3. The molecule has 1 fully saturated rings. The molecule has 1 saturated heterocycles. The van der Waals surface area contributed by atoms with E-state index in [0.717, 1.165) is 35.0 Å². The third kappa shape index (κ3) is 6.30. The highest BCUT2D eigenvalue weighted by molar-refractivity contribution is 8.15. The molecule has 0 spiro atoms. The van der Waals surface area contributed by atoms with E-state index in [-0.39, 0.29) is 35.6 Å². The maximum Gasteiger partial charge on any atom is 0.416 e. The molecular weight excluding hydrogens is 475 g/mol. The van der Waals surface area contributed by atoms with Gasteiger partial charge in [-0.25, -0.2) is 4.99 Å². The Hall–Kier alpha value is -3.59. The first-order valence-corrected chi connectivity index (χ1v) is 11.7. The van der Waals surface area contributed by atoms with E-state index in [1.807, 2.05) is 55.5 Å². The topological polar surface area (TPSA) is 61.8 Å². The van der Waals surface area contributed by atoms with Gasteiger partial charge >= 0.3 is 6.18 Å². The molecular formula is C26H22F3N3O2S. The van der Waals surface area contributed by atoms with Gasteiger partial charge in [0.05, 0.1) is 17.8 Å². The lowest BCUT2D eigenvalue weighted by Crippen LogP contribution is -2.44. The Balaban J connectivity index is 1.64. The minimum absolute atomic E-state index is 0.0490. The minimum atomic E-state index is -4.52. The lowest BCUT2D eigenvalue weighted by atomic mass is 10.2. The highest BCUT2D eigenvalue weighted by Crippen LogP contribution is 2.34. The maximum atomic E-state index is 13.2. The second-order valence-corrected chi connectivity index (χ2v) is 9.25. The largest absolute Gasteiger partial charge is 0.416 e. The zero-order valence-electron chi connectivity index (χ0n) is 18.8. The number of carbonyl (C=O) groups excluding carboxylic acids is 2. The summed E-state index contributed by atoms with van der Waals surface area (Å²) in [7, 11) is 0. The Kier molecular flexibility index (Phi) is 7.25. The molecule has 180 valence electrons. The summed E-state index contributed by atoms with van der Waals surface area (Å²) in [6, 6.07) is 21.1. The number of thioether (sulfide) groups is 1. The smallest absolute Gasteiger partial charge is 0.325 e. The fourth-order valence-electron chi connectivity index (χ4n) is 3.57. The molecule has 5 nitrogen and oxygen atoms in total. The van der Waals surface area contributed by atoms with Crippen molar-refractivity contribution in [2.45, 2.75) is 31.3 Å². The van der Waals surface area contributed by atoms with Gasteiger partial charge < -0.3 is 5.32 Å². The van der Waals surface area contributed by atoms with Crippen LogP contribution in [0.15, 0.2) is 83.9 Å². The van der Waals surface area contributed by atoms with E-state index in [9.17, 15) is 22.8 Å². The fourth-order valence-corrected chi connectivity index (χ4v) is 4.67. The Morgan fingerprint density at radius 2 is 1.80 bits per heavy atom. The van der Waals surface area contributed by atoms with Crippen LogP contribution in [0.1, 0.15) is 23.1 Å². The Morgan fingerprint density at radius 1 is 1.06 bits per heavy atom. The first-order chi connectivity index (χ1) is 16.7. The Morgan fingerprint density at radius 3 is 2.51 bits per heavy atom. The highest BCUT2D eigenvalue weighted by Gasteiger charge is 2.36. The average Bonchev–Trinajstić information content (AvgIpc) is 2.81. The quantitative estimate of drug-likeness (QED) is 0.458. The lowest BCUT2D eigenvalue weighted by molar-refractivity contribution is -0.137. The number of carbonyl (C=O) groups is 2. The van der Waals surface area contributed by atoms with Gasteiger partial charge in [-0.2, -0.15) is 13.2 Å². The maximum absolute atomic E-state index is 13.2. The number of nitrogens with one attached hydrogen (secondary N) is 1. The molecule has 0 saturated carbocycles. The summed E-state index contributed by atoms with van der Waals surface area (Å²) in [4.78, 5) is 31.9. The van der Waals surface area contributed by atoms with Crippen LogP contribution in [0.25, 0.3) is 0 Å². The lowest BCUT2D eigenvalue weighted by Gasteiger charge is -2.32. The molecule has 0 radical (unpaired) electrons. The van der Waals surface area contributed by atoms with Gasteiger partial charge in [0.2, 0.25) is 11.8 Å². The molecule has 1 aliphatic heterocycles. The molecule has 1 atom stereocenters. The molecule has 2 amide bonds. The Labute approximate surface area is 205 Å². The number of halogens is 3. The van der Waals surface area contributed by atoms with Crippen LogP contribution in [-0.2, 0) is 22.3 Å². The summed E-state index contributed by atoms with van der Waals surface area (Å²) < 4.78 is 39.6. The summed E-state index contributed by atoms with van der Waals surface area (Å²) in [6.45, 7) is 2.09. The summed E-state index contributed by atoms with van der Waals surface area (Å²) in [5.41, 5.74) is 1.62. The molecule has 3 aromatic carbocycles. The van der Waals surface area contributed by atoms with E-state index >= 15 is 0 Å². The number of hydrogen-bond donors (Lipinski definition) is 1. The molecule has 0 aliphatic carbocycles. The summed E-state index contributed by atoms with van der Waals surface area (Å²) in [5.74, 6) is -0.701. The van der Waals surface area contributed by atoms with Crippen molar-refractivity contribution in [3.8, 4) is 0 Å². The zero-order chi connectivity index (χ0) is 25.0. The van der Waals surface area contributed by atoms with Crippen LogP contribution >= 0.6 is 11.8 Å². The van der Waals surface area contributed by atoms with Gasteiger partial charge in [0, 0.05) is 12.1 Å². The highest BCUT2D eigenvalue weighted by atomic mass is 32.2. The average molecular weight is 498 g/mol. The van der Waals surface area contributed by atoms with E-state index < -0.39 is 17.0 Å². The molecule has 9 heteroatoms. The van der Waals surface area contributed by atoms with Crippen molar-refractivity contribution in [1.29, 1.82) is 0 Å². The monoisotopic (exact) mass is 497 g/mol. The van der Waals surface area contributed by atoms with Gasteiger partial charge in [-0.15, -0.1) is 0 Å². The first kappa shape index (κ1) is 24.5. The molecule has 35 heavy (non-hydrogen) atoms. The van der Waals surface area contributed by atoms with E-state index in [1.54, 1.807) is 6.07 Å². The van der Waals surface area contributed by atoms with Crippen LogP contribution in [0.4, 0.5) is 24.5 Å². The number of hydrogen-bond acceptors (Lipinski definition) is 4. The molecule has 1 aliphatic rings. The zero-order valence-corrected chi connectivity index (χ0v) is 19.6. The SMILES string of the molecule is Cc1cccc(NC(=O)C2CC(=O)N(Cc3ccccc3)C(=Nc3cccc(C(F)(F)F)c3)S2)c1. The minimum Gasteiger partial charge on any atom is -0.325 e. The normalized spacial score (nSPS) is 17.5. The molecule has 1 unspecified atom stereocenters. The number of nitrogens with zero attached hydrogens (tertiary/aromatic N) is 2. The van der Waals surface area contributed by atoms with Crippen molar-refractivity contribution in [1.82, 2.24) is 4.90 Å². The third-order valence-corrected chi connectivity index (χ3v) is 6.49. The van der Waals surface area contributed by atoms with Gasteiger partial charge in [0.25, 0.3) is 0 Å². The first-order valence-electron chi connectivity index (χ1n) is 10.8. The number of alkyl halides is 3. The third-order valence-electron chi connectivity index (χ3n) is 5.30. The molecule has 1 N–H and O–H groups in total. The van der Waals surface area contributed by atoms with Crippen LogP contribution in [0, 0.1) is 6.92 Å². The van der Waals surface area contributed by atoms with Gasteiger partial charge in [0.15, 0.2) is 5.17 Å². The van der Waals surface area contributed by atoms with Crippen LogP contribution in [0.3, 0.4) is 0 Å². The van der Waals surface area contributed by atoms with E-state index in [1.165, 1.54) is 17.0 Å². The standard InChI is InChI=1S/C26H22F3N3O2S/c1-17-7-5-11-20(13-17)30-24(34)22-15-23(33)32(16-18-8-3-2-4-9-18)25(35-22)31-21-12-6-10-19(14-21)26(27,28)29/h2-14,22H,15-16H2,1H3,(H,30,34). The molecule has 0 aromatic heterocycles. The second kappa shape index (κ2) is 10.4. The van der Waals surface area contributed by atoms with Crippen molar-refractivity contribution in [3.63, 3.8) is 0 Å². The number of aliphatic imine (C=N–C) groups is 1. The molecule has 1 heterocycles. The van der Waals surface area contributed by atoms with Crippen molar-refractivity contribution >= 4 is 40.1 Å². The van der Waals surface area contributed by atoms with Crippen LogP contribution in [0.5, 0.6) is 0 Å². The molecule has 3 aromatic rings. The molecule has 0 bridgehead atoms. The van der Waals surface area contributed by atoms with Gasteiger partial charge in [0.1, 0.15) is 5.25 Å². The van der Waals surface area contributed by atoms with Gasteiger partial charge in [-0.3, -0.25) is 14.5 Å². The number of aryl methyl sites for hydroxylation is 1. The van der Waals surface area contributed by atoms with Crippen molar-refractivity contribution in [2.75, 3.05) is 5.32 Å². The van der Waals surface area contributed by atoms with Crippen molar-refractivity contribution in [3.05, 3.63) is 95.6 Å². The Bertz CT molecular complexity index is 1260. The predicted octanol–water partition coefficient (Wildman–Crippen LogP) is 6.17. The number of amidine groups is 1. The fraction of sp³-hybridized carbons (Fsp3) is 0.192. The van der Waals surface area contributed by atoms with Crippen LogP contribution in [0.2, 0.25) is 0 Å². The second-order valence-electron chi connectivity index (χ2n) is 8.08. The van der Waals surface area contributed by atoms with E-state index in [4.69, 9.17) is 0 Å². The van der Waals surface area contributed by atoms with E-state index in [2.05, 4.69) is 10.3 Å². The van der Waals surface area contributed by atoms with Gasteiger partial charge in [-0.1, -0.05) is 60.3 Å². The van der Waals surface area contributed by atoms with E-state index in [0.29, 0.717) is 5.69 Å². The number of anilines is 1. The summed E-state index contributed by atoms with van der Waals surface area (Å²) in [6.07, 6.45) is -4.58. The van der Waals surface area contributed by atoms with Crippen molar-refractivity contribution in [2.24, 2.45) is 4.99 Å². The van der Waals surface area contributed by atoms with Gasteiger partial charge in [-0.05, 0) is 48.4 Å². The van der Waals surface area contributed by atoms with Crippen LogP contribution in [-0.4, -0.2) is 27.1 Å². The van der Waals surface area contributed by atoms with Crippen molar-refractivity contribution < 1.29 is 22.8 Å². The number of rotatable bonds is 5. The number of amides is 2. The molecule has 4 rings (SSSR count). The summed E-state index contributed by atoms with van der Waals surface area (Å²) in [5, 5.41) is 2.21. The van der Waals surface area contributed by atoms with Crippen LogP contribution < -0.4 is 5.32 Å². The summed E-state index contributed by atoms with van der Waals surface area (Å²) >= 11 is 1.06.